The number of hydrogen-bond donors (Lipinski definition) is 2. The summed E-state index contributed by atoms with van der Waals surface area (Å²) in [6, 6.07) is 4.38. The van der Waals surface area contributed by atoms with E-state index in [4.69, 9.17) is 10.6 Å². The quantitative estimate of drug-likeness (QED) is 0.605. The summed E-state index contributed by atoms with van der Waals surface area (Å²) in [5, 5.41) is 0. The van der Waals surface area contributed by atoms with E-state index in [9.17, 15) is 0 Å². The van der Waals surface area contributed by atoms with Crippen molar-refractivity contribution in [3.63, 3.8) is 0 Å². The van der Waals surface area contributed by atoms with Gasteiger partial charge in [-0.1, -0.05) is 6.07 Å². The molecule has 0 bridgehead atoms. The zero-order valence-electron chi connectivity index (χ0n) is 11.0. The Morgan fingerprint density at radius 3 is 2.65 bits per heavy atom. The molecule has 1 rings (SSSR count). The minimum atomic E-state index is 0.151. The van der Waals surface area contributed by atoms with Crippen molar-refractivity contribution in [2.45, 2.75) is 26.3 Å². The van der Waals surface area contributed by atoms with E-state index in [0.717, 1.165) is 17.9 Å². The van der Waals surface area contributed by atoms with Crippen molar-refractivity contribution in [2.24, 2.45) is 5.84 Å². The van der Waals surface area contributed by atoms with E-state index in [-0.39, 0.29) is 6.04 Å². The van der Waals surface area contributed by atoms with Gasteiger partial charge in [0.25, 0.3) is 0 Å². The normalized spacial score (nSPS) is 12.5. The van der Waals surface area contributed by atoms with Crippen molar-refractivity contribution in [2.75, 3.05) is 19.1 Å². The molecule has 0 spiro atoms. The lowest BCUT2D eigenvalue weighted by molar-refractivity contribution is 0.397. The van der Waals surface area contributed by atoms with Gasteiger partial charge in [0.05, 0.1) is 13.2 Å². The molecule has 0 aliphatic carbocycles. The number of nitrogens with one attached hydrogen (secondary N) is 1. The fourth-order valence-corrected chi connectivity index (χ4v) is 2.57. The molecule has 1 aromatic rings. The molecule has 3 nitrogen and oxygen atoms in total. The Morgan fingerprint density at radius 2 is 2.12 bits per heavy atom. The number of hydrogen-bond acceptors (Lipinski definition) is 4. The van der Waals surface area contributed by atoms with Crippen molar-refractivity contribution in [1.82, 2.24) is 5.43 Å². The average Bonchev–Trinajstić information content (AvgIpc) is 2.31. The lowest BCUT2D eigenvalue weighted by Crippen LogP contribution is -2.29. The number of methoxy groups -OCH3 is 1. The Labute approximate surface area is 108 Å². The Morgan fingerprint density at radius 1 is 1.41 bits per heavy atom. The van der Waals surface area contributed by atoms with Gasteiger partial charge >= 0.3 is 0 Å². The summed E-state index contributed by atoms with van der Waals surface area (Å²) < 4.78 is 5.47. The molecule has 4 heteroatoms. The molecule has 0 aromatic heterocycles. The Balaban J connectivity index is 3.08. The molecule has 0 heterocycles. The van der Waals surface area contributed by atoms with Crippen molar-refractivity contribution < 1.29 is 4.74 Å². The summed E-state index contributed by atoms with van der Waals surface area (Å²) in [5.74, 6) is 7.66. The highest BCUT2D eigenvalue weighted by atomic mass is 32.2. The van der Waals surface area contributed by atoms with Gasteiger partial charge in [0.15, 0.2) is 0 Å². The Bertz CT molecular complexity index is 369. The molecule has 0 saturated carbocycles. The highest BCUT2D eigenvalue weighted by molar-refractivity contribution is 7.98. The van der Waals surface area contributed by atoms with E-state index in [0.29, 0.717) is 0 Å². The fraction of sp³-hybridized carbons (Fsp3) is 0.538. The number of rotatable bonds is 6. The van der Waals surface area contributed by atoms with Gasteiger partial charge in [-0.15, -0.1) is 0 Å². The monoisotopic (exact) mass is 254 g/mol. The summed E-state index contributed by atoms with van der Waals surface area (Å²) in [6.07, 6.45) is 3.10. The van der Waals surface area contributed by atoms with Gasteiger partial charge in [-0.25, -0.2) is 0 Å². The first kappa shape index (κ1) is 14.4. The first-order valence-corrected chi connectivity index (χ1v) is 7.13. The van der Waals surface area contributed by atoms with Crippen LogP contribution in [0.5, 0.6) is 5.75 Å². The van der Waals surface area contributed by atoms with Crippen LogP contribution in [0.4, 0.5) is 0 Å². The first-order valence-electron chi connectivity index (χ1n) is 5.74. The predicted octanol–water partition coefficient (Wildman–Crippen LogP) is 2.57. The summed E-state index contributed by atoms with van der Waals surface area (Å²) in [4.78, 5) is 0. The Kier molecular flexibility index (Phi) is 5.82. The van der Waals surface area contributed by atoms with Crippen LogP contribution in [0.15, 0.2) is 12.1 Å². The second-order valence-corrected chi connectivity index (χ2v) is 5.18. The van der Waals surface area contributed by atoms with Gasteiger partial charge in [0.2, 0.25) is 0 Å². The largest absolute Gasteiger partial charge is 0.496 e. The minimum absolute atomic E-state index is 0.151. The summed E-state index contributed by atoms with van der Waals surface area (Å²) in [7, 11) is 1.71. The van der Waals surface area contributed by atoms with Crippen LogP contribution in [0, 0.1) is 13.8 Å². The zero-order chi connectivity index (χ0) is 12.8. The van der Waals surface area contributed by atoms with Gasteiger partial charge in [0.1, 0.15) is 5.75 Å². The number of benzene rings is 1. The molecule has 0 aliphatic rings. The molecular formula is C13H22N2OS. The van der Waals surface area contributed by atoms with Crippen molar-refractivity contribution in [1.29, 1.82) is 0 Å². The lowest BCUT2D eigenvalue weighted by Gasteiger charge is -2.21. The first-order chi connectivity index (χ1) is 8.13. The number of nitrogens with two attached hydrogens (primary N) is 1. The molecule has 0 radical (unpaired) electrons. The van der Waals surface area contributed by atoms with E-state index in [1.807, 2.05) is 11.8 Å². The molecular weight excluding hydrogens is 232 g/mol. The van der Waals surface area contributed by atoms with Crippen LogP contribution in [0.1, 0.15) is 29.2 Å². The molecule has 17 heavy (non-hydrogen) atoms. The summed E-state index contributed by atoms with van der Waals surface area (Å²) in [5.41, 5.74) is 6.51. The third-order valence-corrected chi connectivity index (χ3v) is 3.52. The third-order valence-electron chi connectivity index (χ3n) is 2.87. The Hall–Kier alpha value is -0.710. The molecule has 0 fully saturated rings. The molecule has 1 atom stereocenters. The summed E-state index contributed by atoms with van der Waals surface area (Å²) in [6.45, 7) is 4.18. The maximum atomic E-state index is 5.66. The van der Waals surface area contributed by atoms with Gasteiger partial charge in [-0.05, 0) is 49.5 Å². The van der Waals surface area contributed by atoms with Crippen LogP contribution < -0.4 is 16.0 Å². The van der Waals surface area contributed by atoms with Crippen LogP contribution in [0.2, 0.25) is 0 Å². The second kappa shape index (κ2) is 6.89. The SMILES string of the molecule is COc1cc(C)cc(C)c1C(CCSC)NN. The van der Waals surface area contributed by atoms with Gasteiger partial charge in [0, 0.05) is 5.56 Å². The highest BCUT2D eigenvalue weighted by Crippen LogP contribution is 2.31. The maximum absolute atomic E-state index is 5.66. The maximum Gasteiger partial charge on any atom is 0.124 e. The summed E-state index contributed by atoms with van der Waals surface area (Å²) >= 11 is 1.83. The molecule has 3 N–H and O–H groups in total. The highest BCUT2D eigenvalue weighted by Gasteiger charge is 2.17. The predicted molar refractivity (Wildman–Crippen MR) is 75.5 cm³/mol. The fourth-order valence-electron chi connectivity index (χ4n) is 2.10. The van der Waals surface area contributed by atoms with Crippen LogP contribution in [0.3, 0.4) is 0 Å². The zero-order valence-corrected chi connectivity index (χ0v) is 11.9. The number of aryl methyl sites for hydroxylation is 2. The molecule has 0 aliphatic heterocycles. The molecule has 1 unspecified atom stereocenters. The molecule has 0 amide bonds. The minimum Gasteiger partial charge on any atom is -0.496 e. The van der Waals surface area contributed by atoms with Crippen molar-refractivity contribution in [3.05, 3.63) is 28.8 Å². The number of thioether (sulfide) groups is 1. The topological polar surface area (TPSA) is 47.3 Å². The van der Waals surface area contributed by atoms with Gasteiger partial charge in [-0.3, -0.25) is 11.3 Å². The smallest absolute Gasteiger partial charge is 0.124 e. The average molecular weight is 254 g/mol. The van der Waals surface area contributed by atoms with Crippen LogP contribution >= 0.6 is 11.8 Å². The van der Waals surface area contributed by atoms with Crippen molar-refractivity contribution >= 4 is 11.8 Å². The van der Waals surface area contributed by atoms with Crippen molar-refractivity contribution in [3.8, 4) is 5.75 Å². The van der Waals surface area contributed by atoms with E-state index in [2.05, 4.69) is 37.7 Å². The third kappa shape index (κ3) is 3.63. The number of hydrazine groups is 1. The lowest BCUT2D eigenvalue weighted by atomic mass is 9.96. The second-order valence-electron chi connectivity index (χ2n) is 4.20. The van der Waals surface area contributed by atoms with E-state index < -0.39 is 0 Å². The van der Waals surface area contributed by atoms with E-state index in [1.165, 1.54) is 16.7 Å². The van der Waals surface area contributed by atoms with Crippen LogP contribution in [-0.2, 0) is 0 Å². The van der Waals surface area contributed by atoms with E-state index >= 15 is 0 Å². The molecule has 1 aromatic carbocycles. The number of ether oxygens (including phenoxy) is 1. The van der Waals surface area contributed by atoms with E-state index in [1.54, 1.807) is 7.11 Å². The molecule has 96 valence electrons. The van der Waals surface area contributed by atoms with Gasteiger partial charge in [-0.2, -0.15) is 11.8 Å². The molecule has 0 saturated heterocycles. The van der Waals surface area contributed by atoms with Crippen LogP contribution in [0.25, 0.3) is 0 Å². The van der Waals surface area contributed by atoms with Crippen LogP contribution in [-0.4, -0.2) is 19.1 Å². The standard InChI is InChI=1S/C13H22N2OS/c1-9-7-10(2)13(12(8-9)16-3)11(15-14)5-6-17-4/h7-8,11,15H,5-6,14H2,1-4H3. The van der Waals surface area contributed by atoms with Gasteiger partial charge < -0.3 is 4.74 Å².